The number of allylic oxidation sites excluding steroid dienone is 3. The zero-order chi connectivity index (χ0) is 30.9. The smallest absolute Gasteiger partial charge is 0.313 e. The second-order valence-corrected chi connectivity index (χ2v) is 10.5. The Bertz CT molecular complexity index is 1460. The normalized spacial score (nSPS) is 13.4. The number of methoxy groups -OCH3 is 1. The number of benzene rings is 2. The summed E-state index contributed by atoms with van der Waals surface area (Å²) in [4.78, 5) is 4.31. The van der Waals surface area contributed by atoms with Gasteiger partial charge in [0.05, 0.1) is 13.7 Å². The van der Waals surface area contributed by atoms with Gasteiger partial charge in [0.1, 0.15) is 11.6 Å². The molecule has 0 aliphatic rings. The summed E-state index contributed by atoms with van der Waals surface area (Å²) in [5.41, 5.74) is 16.8. The number of anilines is 1. The molecular formula is C33H41FN4O4. The van der Waals surface area contributed by atoms with Crippen LogP contribution in [0.25, 0.3) is 27.8 Å². The Morgan fingerprint density at radius 1 is 1.07 bits per heavy atom. The van der Waals surface area contributed by atoms with Crippen molar-refractivity contribution < 1.29 is 23.7 Å². The van der Waals surface area contributed by atoms with Gasteiger partial charge in [0.15, 0.2) is 11.5 Å². The molecule has 0 spiro atoms. The zero-order valence-electron chi connectivity index (χ0n) is 25.1. The van der Waals surface area contributed by atoms with Gasteiger partial charge in [-0.15, -0.1) is 0 Å². The number of hydrogen-bond donors (Lipinski definition) is 4. The third-order valence-corrected chi connectivity index (χ3v) is 6.28. The minimum Gasteiger partial charge on any atom is -0.493 e. The van der Waals surface area contributed by atoms with E-state index in [1.165, 1.54) is 13.2 Å². The maximum atomic E-state index is 15.4. The minimum absolute atomic E-state index is 0.207. The molecule has 0 amide bonds. The summed E-state index contributed by atoms with van der Waals surface area (Å²) in [6, 6.07) is 12.0. The lowest BCUT2D eigenvalue weighted by Gasteiger charge is -2.16. The Hall–Kier alpha value is -4.18. The molecule has 0 fully saturated rings. The first-order valence-corrected chi connectivity index (χ1v) is 13.7. The molecule has 3 rings (SSSR count). The predicted octanol–water partition coefficient (Wildman–Crippen LogP) is 6.37. The van der Waals surface area contributed by atoms with E-state index in [0.717, 1.165) is 28.7 Å². The van der Waals surface area contributed by atoms with Crippen molar-refractivity contribution in [3.63, 3.8) is 0 Å². The Balaban J connectivity index is 1.81. The van der Waals surface area contributed by atoms with Crippen LogP contribution in [0.1, 0.15) is 46.6 Å². The standard InChI is InChI=1S/C33H41FN4O4/c1-7-41-32(39)42-29-13-11-24(17-30(29)40-6)25-15-27(31(35)38-20-25)26-12-10-23(16-28(26)34)22(3)19-37-18-21(2)9-8-14-33(4,5)36/h8,10-20,32,37,39H,7,9,36H2,1-6H3,(H2,35,38)/b14-8-,21-18+,22-19+. The first kappa shape index (κ1) is 32.3. The number of ether oxygens (including phenoxy) is 3. The van der Waals surface area contributed by atoms with Crippen molar-refractivity contribution in [1.82, 2.24) is 10.3 Å². The fraction of sp³-hybridized carbons (Fsp3) is 0.303. The summed E-state index contributed by atoms with van der Waals surface area (Å²) in [7, 11) is 1.49. The van der Waals surface area contributed by atoms with Crippen molar-refractivity contribution in [2.24, 2.45) is 5.73 Å². The SMILES string of the molecule is CCOC(O)Oc1ccc(-c2cnc(N)c(-c3ccc(/C(C)=C/N/C=C(\C)C/C=C\C(C)(C)N)cc3F)c2)cc1OC. The summed E-state index contributed by atoms with van der Waals surface area (Å²) < 4.78 is 31.3. The third-order valence-electron chi connectivity index (χ3n) is 6.28. The number of nitrogens with two attached hydrogens (primary N) is 2. The van der Waals surface area contributed by atoms with Crippen LogP contribution in [0.15, 0.2) is 78.8 Å². The molecule has 0 radical (unpaired) electrons. The maximum Gasteiger partial charge on any atom is 0.313 e. The maximum absolute atomic E-state index is 15.4. The molecule has 0 aliphatic heterocycles. The molecule has 2 aromatic carbocycles. The molecule has 42 heavy (non-hydrogen) atoms. The van der Waals surface area contributed by atoms with Crippen LogP contribution >= 0.6 is 0 Å². The Morgan fingerprint density at radius 2 is 1.83 bits per heavy atom. The van der Waals surface area contributed by atoms with E-state index in [1.54, 1.807) is 43.5 Å². The number of aliphatic hydroxyl groups is 1. The summed E-state index contributed by atoms with van der Waals surface area (Å²) in [5.74, 6) is 0.484. The molecule has 0 aliphatic carbocycles. The number of aliphatic hydroxyl groups excluding tert-OH is 1. The Morgan fingerprint density at radius 3 is 2.50 bits per heavy atom. The number of pyridine rings is 1. The Kier molecular flexibility index (Phi) is 11.3. The number of hydrogen-bond acceptors (Lipinski definition) is 8. The van der Waals surface area contributed by atoms with Crippen LogP contribution in [0.5, 0.6) is 11.5 Å². The highest BCUT2D eigenvalue weighted by Gasteiger charge is 2.15. The van der Waals surface area contributed by atoms with Crippen molar-refractivity contribution in [2.75, 3.05) is 19.5 Å². The van der Waals surface area contributed by atoms with Gasteiger partial charge in [-0.05, 0) is 88.2 Å². The molecule has 9 heteroatoms. The monoisotopic (exact) mass is 576 g/mol. The van der Waals surface area contributed by atoms with E-state index in [-0.39, 0.29) is 18.0 Å². The lowest BCUT2D eigenvalue weighted by atomic mass is 9.98. The lowest BCUT2D eigenvalue weighted by Crippen LogP contribution is -2.28. The number of nitrogen functional groups attached to an aromatic ring is 1. The van der Waals surface area contributed by atoms with Gasteiger partial charge in [0.25, 0.3) is 0 Å². The van der Waals surface area contributed by atoms with Gasteiger partial charge < -0.3 is 36.1 Å². The van der Waals surface area contributed by atoms with Gasteiger partial charge in [-0.3, -0.25) is 0 Å². The highest BCUT2D eigenvalue weighted by atomic mass is 19.1. The summed E-state index contributed by atoms with van der Waals surface area (Å²) in [6.07, 6.45) is 10.2. The predicted molar refractivity (Wildman–Crippen MR) is 167 cm³/mol. The molecule has 0 bridgehead atoms. The van der Waals surface area contributed by atoms with E-state index in [0.29, 0.717) is 28.2 Å². The summed E-state index contributed by atoms with van der Waals surface area (Å²) in [6.45, 7) is 8.44. The second-order valence-electron chi connectivity index (χ2n) is 10.5. The van der Waals surface area contributed by atoms with Gasteiger partial charge in [-0.1, -0.05) is 35.9 Å². The van der Waals surface area contributed by atoms with Crippen molar-refractivity contribution in [3.8, 4) is 33.8 Å². The van der Waals surface area contributed by atoms with Crippen LogP contribution in [-0.4, -0.2) is 35.8 Å². The van der Waals surface area contributed by atoms with Gasteiger partial charge in [0.2, 0.25) is 0 Å². The molecule has 1 aromatic heterocycles. The van der Waals surface area contributed by atoms with Crippen molar-refractivity contribution in [2.45, 2.75) is 53.1 Å². The molecule has 1 atom stereocenters. The van der Waals surface area contributed by atoms with Crippen molar-refractivity contribution >= 4 is 11.4 Å². The van der Waals surface area contributed by atoms with E-state index in [9.17, 15) is 5.11 Å². The quantitative estimate of drug-likeness (QED) is 0.137. The molecule has 1 heterocycles. The minimum atomic E-state index is -1.42. The van der Waals surface area contributed by atoms with Gasteiger partial charge in [-0.2, -0.15) is 0 Å². The van der Waals surface area contributed by atoms with E-state index < -0.39 is 12.3 Å². The van der Waals surface area contributed by atoms with Crippen molar-refractivity contribution in [1.29, 1.82) is 0 Å². The first-order chi connectivity index (χ1) is 19.9. The largest absolute Gasteiger partial charge is 0.493 e. The van der Waals surface area contributed by atoms with E-state index in [2.05, 4.69) is 10.3 Å². The van der Waals surface area contributed by atoms with Crippen LogP contribution in [0.3, 0.4) is 0 Å². The van der Waals surface area contributed by atoms with Crippen LogP contribution < -0.4 is 26.3 Å². The molecule has 224 valence electrons. The summed E-state index contributed by atoms with van der Waals surface area (Å²) in [5, 5.41) is 13.0. The zero-order valence-corrected chi connectivity index (χ0v) is 25.1. The van der Waals surface area contributed by atoms with Crippen LogP contribution in [0, 0.1) is 5.82 Å². The average molecular weight is 577 g/mol. The van der Waals surface area contributed by atoms with Crippen LogP contribution in [0.2, 0.25) is 0 Å². The molecule has 8 nitrogen and oxygen atoms in total. The van der Waals surface area contributed by atoms with Crippen molar-refractivity contribution in [3.05, 3.63) is 90.2 Å². The van der Waals surface area contributed by atoms with Crippen LogP contribution in [0.4, 0.5) is 10.2 Å². The van der Waals surface area contributed by atoms with Gasteiger partial charge in [-0.25, -0.2) is 9.37 Å². The second kappa shape index (κ2) is 14.6. The highest BCUT2D eigenvalue weighted by molar-refractivity contribution is 5.81. The topological polar surface area (TPSA) is 125 Å². The first-order valence-electron chi connectivity index (χ1n) is 13.7. The van der Waals surface area contributed by atoms with Gasteiger partial charge >= 0.3 is 6.48 Å². The van der Waals surface area contributed by atoms with Gasteiger partial charge in [0, 0.05) is 34.6 Å². The van der Waals surface area contributed by atoms with E-state index in [1.807, 2.05) is 58.3 Å². The van der Waals surface area contributed by atoms with E-state index >= 15 is 4.39 Å². The number of nitrogens with zero attached hydrogens (tertiary/aromatic N) is 1. The van der Waals surface area contributed by atoms with E-state index in [4.69, 9.17) is 25.7 Å². The summed E-state index contributed by atoms with van der Waals surface area (Å²) >= 11 is 0. The molecule has 0 saturated heterocycles. The number of halogens is 1. The molecule has 3 aromatic rings. The average Bonchev–Trinajstić information content (AvgIpc) is 2.93. The molecule has 0 saturated carbocycles. The molecule has 6 N–H and O–H groups in total. The number of rotatable bonds is 13. The number of nitrogens with one attached hydrogen (secondary N) is 1. The fourth-order valence-electron chi connectivity index (χ4n) is 4.06. The Labute approximate surface area is 247 Å². The number of aromatic nitrogens is 1. The highest BCUT2D eigenvalue weighted by Crippen LogP contribution is 2.36. The molecule has 1 unspecified atom stereocenters. The molecular weight excluding hydrogens is 535 g/mol. The van der Waals surface area contributed by atoms with Crippen LogP contribution in [-0.2, 0) is 4.74 Å². The third kappa shape index (κ3) is 9.17. The lowest BCUT2D eigenvalue weighted by molar-refractivity contribution is -0.214. The fourth-order valence-corrected chi connectivity index (χ4v) is 4.06.